The Morgan fingerprint density at radius 3 is 2.48 bits per heavy atom. The number of benzene rings is 2. The first kappa shape index (κ1) is 21.9. The van der Waals surface area contributed by atoms with Crippen molar-refractivity contribution < 1.29 is 12.8 Å². The summed E-state index contributed by atoms with van der Waals surface area (Å²) in [6.07, 6.45) is 1.57. The van der Waals surface area contributed by atoms with Crippen LogP contribution in [0.3, 0.4) is 0 Å². The molecule has 170 valence electrons. The van der Waals surface area contributed by atoms with Crippen molar-refractivity contribution in [1.29, 1.82) is 0 Å². The highest BCUT2D eigenvalue weighted by molar-refractivity contribution is 7.89. The number of nitrogens with two attached hydrogens (primary N) is 1. The Bertz CT molecular complexity index is 1400. The van der Waals surface area contributed by atoms with E-state index in [2.05, 4.69) is 19.8 Å². The Hall–Kier alpha value is -2.92. The Morgan fingerprint density at radius 2 is 1.76 bits per heavy atom. The predicted molar refractivity (Wildman–Crippen MR) is 128 cm³/mol. The summed E-state index contributed by atoms with van der Waals surface area (Å²) in [6, 6.07) is 15.2. The van der Waals surface area contributed by atoms with E-state index in [1.165, 1.54) is 18.2 Å². The average Bonchev–Trinajstić information content (AvgIpc) is 3.25. The number of nitrogens with zero attached hydrogens (tertiary/aromatic N) is 4. The molecule has 0 atom stereocenters. The van der Waals surface area contributed by atoms with E-state index in [0.29, 0.717) is 0 Å². The topological polar surface area (TPSA) is 92.4 Å². The molecule has 1 saturated heterocycles. The van der Waals surface area contributed by atoms with Gasteiger partial charge < -0.3 is 4.90 Å². The molecule has 0 aliphatic carbocycles. The molecule has 0 saturated carbocycles. The minimum atomic E-state index is -3.77. The number of halogens is 1. The summed E-state index contributed by atoms with van der Waals surface area (Å²) in [5, 5.41) is 5.29. The summed E-state index contributed by atoms with van der Waals surface area (Å²) >= 11 is 1.54. The number of piperazine rings is 1. The van der Waals surface area contributed by atoms with Gasteiger partial charge in [0.05, 0.1) is 15.1 Å². The van der Waals surface area contributed by atoms with E-state index in [0.717, 1.165) is 64.8 Å². The Labute approximate surface area is 195 Å². The summed E-state index contributed by atoms with van der Waals surface area (Å²) in [4.78, 5) is 14.6. The second-order valence-electron chi connectivity index (χ2n) is 7.98. The van der Waals surface area contributed by atoms with Crippen molar-refractivity contribution in [2.45, 2.75) is 11.4 Å². The van der Waals surface area contributed by atoms with E-state index in [-0.39, 0.29) is 10.7 Å². The van der Waals surface area contributed by atoms with Crippen LogP contribution in [0.5, 0.6) is 0 Å². The van der Waals surface area contributed by atoms with E-state index >= 15 is 0 Å². The van der Waals surface area contributed by atoms with Crippen LogP contribution in [0.2, 0.25) is 0 Å². The quantitative estimate of drug-likeness (QED) is 0.467. The number of aromatic nitrogens is 2. The van der Waals surface area contributed by atoms with Crippen molar-refractivity contribution in [3.63, 3.8) is 0 Å². The van der Waals surface area contributed by atoms with Crippen molar-refractivity contribution in [2.24, 2.45) is 5.14 Å². The highest BCUT2D eigenvalue weighted by Gasteiger charge is 2.22. The second-order valence-corrected chi connectivity index (χ2v) is 10.6. The third-order valence-electron chi connectivity index (χ3n) is 5.73. The van der Waals surface area contributed by atoms with E-state index in [1.807, 2.05) is 24.3 Å². The smallest absolute Gasteiger partial charge is 0.238 e. The van der Waals surface area contributed by atoms with E-state index in [4.69, 9.17) is 5.14 Å². The minimum absolute atomic E-state index is 0.0843. The standard InChI is InChI=1S/C23H22FN5O2S2/c24-18-6-4-16(5-7-18)14-28-8-10-29(11-9-28)23-22-20(26-15-27-23)13-21(32-22)17-2-1-3-19(12-17)33(25,30)31/h1-7,12-13,15H,8-11,14H2,(H2,25,30,31). The van der Waals surface area contributed by atoms with Crippen molar-refractivity contribution >= 4 is 37.4 Å². The Balaban J connectivity index is 1.36. The highest BCUT2D eigenvalue weighted by Crippen LogP contribution is 2.37. The molecule has 4 aromatic rings. The summed E-state index contributed by atoms with van der Waals surface area (Å²) < 4.78 is 37.6. The average molecular weight is 484 g/mol. The lowest BCUT2D eigenvalue weighted by atomic mass is 10.2. The molecule has 1 fully saturated rings. The molecular weight excluding hydrogens is 461 g/mol. The van der Waals surface area contributed by atoms with Crippen LogP contribution in [0.25, 0.3) is 20.7 Å². The number of sulfonamides is 1. The van der Waals surface area contributed by atoms with Gasteiger partial charge in [0.1, 0.15) is 18.0 Å². The molecule has 1 aliphatic rings. The molecule has 2 N–H and O–H groups in total. The normalized spacial score (nSPS) is 15.3. The molecule has 3 heterocycles. The number of anilines is 1. The van der Waals surface area contributed by atoms with Crippen LogP contribution in [0.4, 0.5) is 10.2 Å². The number of rotatable bonds is 5. The molecule has 0 unspecified atom stereocenters. The molecule has 10 heteroatoms. The summed E-state index contributed by atoms with van der Waals surface area (Å²) in [6.45, 7) is 4.18. The Kier molecular flexibility index (Phi) is 5.83. The fraction of sp³-hybridized carbons (Fsp3) is 0.217. The molecule has 2 aromatic carbocycles. The molecule has 0 amide bonds. The first-order valence-corrected chi connectivity index (χ1v) is 12.8. The first-order valence-electron chi connectivity index (χ1n) is 10.5. The van der Waals surface area contributed by atoms with Crippen LogP contribution >= 0.6 is 11.3 Å². The van der Waals surface area contributed by atoms with Gasteiger partial charge in [-0.3, -0.25) is 4.90 Å². The predicted octanol–water partition coefficient (Wildman–Crippen LogP) is 3.47. The largest absolute Gasteiger partial charge is 0.353 e. The summed E-state index contributed by atoms with van der Waals surface area (Å²) in [5.41, 5.74) is 2.70. The molecule has 7 nitrogen and oxygen atoms in total. The van der Waals surface area contributed by atoms with Crippen LogP contribution in [-0.4, -0.2) is 49.5 Å². The van der Waals surface area contributed by atoms with Crippen molar-refractivity contribution in [1.82, 2.24) is 14.9 Å². The van der Waals surface area contributed by atoms with Gasteiger partial charge in [-0.1, -0.05) is 24.3 Å². The van der Waals surface area contributed by atoms with Crippen LogP contribution in [0.15, 0.2) is 65.8 Å². The third-order valence-corrected chi connectivity index (χ3v) is 7.81. The van der Waals surface area contributed by atoms with Gasteiger partial charge in [0.15, 0.2) is 0 Å². The van der Waals surface area contributed by atoms with E-state index in [1.54, 1.807) is 29.8 Å². The summed E-state index contributed by atoms with van der Waals surface area (Å²) in [7, 11) is -3.77. The van der Waals surface area contributed by atoms with Gasteiger partial charge in [0.25, 0.3) is 0 Å². The molecule has 5 rings (SSSR count). The zero-order chi connectivity index (χ0) is 23.0. The van der Waals surface area contributed by atoms with Crippen molar-refractivity contribution in [3.8, 4) is 10.4 Å². The molecule has 2 aromatic heterocycles. The maximum Gasteiger partial charge on any atom is 0.238 e. The lowest BCUT2D eigenvalue weighted by Gasteiger charge is -2.35. The lowest BCUT2D eigenvalue weighted by molar-refractivity contribution is 0.249. The van der Waals surface area contributed by atoms with Crippen LogP contribution in [0, 0.1) is 5.82 Å². The lowest BCUT2D eigenvalue weighted by Crippen LogP contribution is -2.46. The zero-order valence-electron chi connectivity index (χ0n) is 17.7. The fourth-order valence-corrected chi connectivity index (χ4v) is 5.69. The number of hydrogen-bond acceptors (Lipinski definition) is 7. The number of thiophene rings is 1. The van der Waals surface area contributed by atoms with Gasteiger partial charge in [-0.15, -0.1) is 11.3 Å². The van der Waals surface area contributed by atoms with E-state index in [9.17, 15) is 12.8 Å². The third kappa shape index (κ3) is 4.74. The highest BCUT2D eigenvalue weighted by atomic mass is 32.2. The molecular formula is C23H22FN5O2S2. The first-order chi connectivity index (χ1) is 15.9. The maximum atomic E-state index is 13.2. The number of fused-ring (bicyclic) bond motifs is 1. The second kappa shape index (κ2) is 8.79. The van der Waals surface area contributed by atoms with E-state index < -0.39 is 10.0 Å². The number of hydrogen-bond donors (Lipinski definition) is 1. The van der Waals surface area contributed by atoms with Gasteiger partial charge in [-0.25, -0.2) is 27.9 Å². The maximum absolute atomic E-state index is 13.2. The minimum Gasteiger partial charge on any atom is -0.353 e. The molecule has 33 heavy (non-hydrogen) atoms. The van der Waals surface area contributed by atoms with Gasteiger partial charge in [0.2, 0.25) is 10.0 Å². The van der Waals surface area contributed by atoms with Crippen LogP contribution in [0.1, 0.15) is 5.56 Å². The van der Waals surface area contributed by atoms with Crippen LogP contribution in [-0.2, 0) is 16.6 Å². The molecule has 0 spiro atoms. The fourth-order valence-electron chi connectivity index (χ4n) is 4.00. The molecule has 0 bridgehead atoms. The summed E-state index contributed by atoms with van der Waals surface area (Å²) in [5.74, 6) is 0.670. The SMILES string of the molecule is NS(=O)(=O)c1cccc(-c2cc3ncnc(N4CCN(Cc5ccc(F)cc5)CC4)c3s2)c1. The van der Waals surface area contributed by atoms with Crippen molar-refractivity contribution in [3.05, 3.63) is 72.3 Å². The zero-order valence-corrected chi connectivity index (χ0v) is 19.3. The molecule has 0 radical (unpaired) electrons. The Morgan fingerprint density at radius 1 is 1.00 bits per heavy atom. The number of primary sulfonamides is 1. The van der Waals surface area contributed by atoms with Crippen LogP contribution < -0.4 is 10.0 Å². The van der Waals surface area contributed by atoms with Gasteiger partial charge in [0, 0.05) is 37.6 Å². The van der Waals surface area contributed by atoms with Crippen molar-refractivity contribution in [2.75, 3.05) is 31.1 Å². The van der Waals surface area contributed by atoms with Gasteiger partial charge in [-0.05, 0) is 41.5 Å². The van der Waals surface area contributed by atoms with Gasteiger partial charge in [-0.2, -0.15) is 0 Å². The molecule has 1 aliphatic heterocycles. The monoisotopic (exact) mass is 483 g/mol. The van der Waals surface area contributed by atoms with Gasteiger partial charge >= 0.3 is 0 Å².